The molecule has 0 saturated heterocycles. The second kappa shape index (κ2) is 9.36. The fourth-order valence-electron chi connectivity index (χ4n) is 2.73. The quantitative estimate of drug-likeness (QED) is 0.492. The number of nitrogens with one attached hydrogen (secondary N) is 3. The molecule has 1 heterocycles. The van der Waals surface area contributed by atoms with Crippen molar-refractivity contribution in [2.75, 3.05) is 22.6 Å². The van der Waals surface area contributed by atoms with E-state index in [4.69, 9.17) is 4.74 Å². The maximum absolute atomic E-state index is 12.4. The molecule has 0 radical (unpaired) electrons. The van der Waals surface area contributed by atoms with E-state index in [1.165, 1.54) is 11.3 Å². The number of aryl methyl sites for hydroxylation is 1. The van der Waals surface area contributed by atoms with Gasteiger partial charge in [-0.05, 0) is 55.8 Å². The number of hydrogen-bond donors (Lipinski definition) is 3. The molecule has 3 rings (SSSR count). The second-order valence-corrected chi connectivity index (χ2v) is 7.47. The van der Waals surface area contributed by atoms with Crippen LogP contribution in [-0.2, 0) is 9.53 Å². The Morgan fingerprint density at radius 2 is 1.70 bits per heavy atom. The highest BCUT2D eigenvalue weighted by molar-refractivity contribution is 7.22. The van der Waals surface area contributed by atoms with Gasteiger partial charge in [0.1, 0.15) is 0 Å². The first-order chi connectivity index (χ1) is 14.4. The maximum Gasteiger partial charge on any atom is 0.338 e. The zero-order valence-electron chi connectivity index (χ0n) is 16.9. The van der Waals surface area contributed by atoms with Gasteiger partial charge in [-0.3, -0.25) is 4.79 Å². The van der Waals surface area contributed by atoms with Crippen molar-refractivity contribution < 1.29 is 19.1 Å². The molecule has 2 aromatic carbocycles. The SMILES string of the molecule is CCOC(=O)c1ccc(NC(=O)Nc2cc(C)c3nc(NC(=O)CC)sc3c2)cc1. The second-order valence-electron chi connectivity index (χ2n) is 6.44. The van der Waals surface area contributed by atoms with Crippen LogP contribution in [0, 0.1) is 6.92 Å². The first kappa shape index (κ1) is 21.3. The Hall–Kier alpha value is -3.46. The summed E-state index contributed by atoms with van der Waals surface area (Å²) in [6.45, 7) is 5.71. The molecule has 0 spiro atoms. The Balaban J connectivity index is 1.68. The van der Waals surface area contributed by atoms with E-state index in [2.05, 4.69) is 20.9 Å². The number of fused-ring (bicyclic) bond motifs is 1. The van der Waals surface area contributed by atoms with Crippen LogP contribution < -0.4 is 16.0 Å². The minimum Gasteiger partial charge on any atom is -0.462 e. The number of benzene rings is 2. The summed E-state index contributed by atoms with van der Waals surface area (Å²) >= 11 is 1.35. The van der Waals surface area contributed by atoms with Gasteiger partial charge in [-0.1, -0.05) is 18.3 Å². The highest BCUT2D eigenvalue weighted by Crippen LogP contribution is 2.31. The number of hydrogen-bond acceptors (Lipinski definition) is 6. The molecule has 0 unspecified atom stereocenters. The molecule has 30 heavy (non-hydrogen) atoms. The molecular weight excluding hydrogens is 404 g/mol. The monoisotopic (exact) mass is 426 g/mol. The molecule has 156 valence electrons. The van der Waals surface area contributed by atoms with Crippen LogP contribution in [0.25, 0.3) is 10.2 Å². The molecular formula is C21H22N4O4S. The van der Waals surface area contributed by atoms with Gasteiger partial charge in [0.15, 0.2) is 5.13 Å². The molecule has 0 aliphatic rings. The molecule has 8 nitrogen and oxygen atoms in total. The lowest BCUT2D eigenvalue weighted by Gasteiger charge is -2.09. The van der Waals surface area contributed by atoms with Gasteiger partial charge in [0.05, 0.1) is 22.4 Å². The van der Waals surface area contributed by atoms with Gasteiger partial charge >= 0.3 is 12.0 Å². The number of nitrogens with zero attached hydrogens (tertiary/aromatic N) is 1. The van der Waals surface area contributed by atoms with Crippen molar-refractivity contribution in [3.05, 3.63) is 47.5 Å². The highest BCUT2D eigenvalue weighted by Gasteiger charge is 2.12. The summed E-state index contributed by atoms with van der Waals surface area (Å²) in [4.78, 5) is 40.1. The number of thiazole rings is 1. The molecule has 1 aromatic heterocycles. The molecule has 0 aliphatic carbocycles. The van der Waals surface area contributed by atoms with Gasteiger partial charge in [0.2, 0.25) is 5.91 Å². The van der Waals surface area contributed by atoms with Crippen molar-refractivity contribution >= 4 is 56.0 Å². The Morgan fingerprint density at radius 3 is 2.37 bits per heavy atom. The first-order valence-corrected chi connectivity index (χ1v) is 10.3. The van der Waals surface area contributed by atoms with Crippen molar-refractivity contribution in [3.8, 4) is 0 Å². The lowest BCUT2D eigenvalue weighted by molar-refractivity contribution is -0.115. The number of anilines is 3. The number of amides is 3. The van der Waals surface area contributed by atoms with Gasteiger partial charge in [-0.25, -0.2) is 14.6 Å². The van der Waals surface area contributed by atoms with E-state index in [1.807, 2.05) is 19.1 Å². The summed E-state index contributed by atoms with van der Waals surface area (Å²) < 4.78 is 5.79. The summed E-state index contributed by atoms with van der Waals surface area (Å²) in [5.41, 5.74) is 3.24. The van der Waals surface area contributed by atoms with E-state index in [0.29, 0.717) is 35.1 Å². The van der Waals surface area contributed by atoms with E-state index in [1.54, 1.807) is 38.1 Å². The minimum absolute atomic E-state index is 0.0987. The third-order valence-corrected chi connectivity index (χ3v) is 5.08. The van der Waals surface area contributed by atoms with Crippen LogP contribution in [0.5, 0.6) is 0 Å². The predicted octanol–water partition coefficient (Wildman–Crippen LogP) is 4.77. The average molecular weight is 426 g/mol. The summed E-state index contributed by atoms with van der Waals surface area (Å²) in [5, 5.41) is 8.80. The third kappa shape index (κ3) is 5.12. The molecule has 9 heteroatoms. The number of carbonyl (C=O) groups excluding carboxylic acids is 3. The number of carbonyl (C=O) groups is 3. The standard InChI is InChI=1S/C21H22N4O4S/c1-4-17(26)24-21-25-18-12(3)10-15(11-16(18)30-21)23-20(28)22-14-8-6-13(7-9-14)19(27)29-5-2/h6-11H,4-5H2,1-3H3,(H2,22,23,28)(H,24,25,26). The topological polar surface area (TPSA) is 109 Å². The molecule has 0 bridgehead atoms. The van der Waals surface area contributed by atoms with Gasteiger partial charge in [0, 0.05) is 17.8 Å². The van der Waals surface area contributed by atoms with Crippen molar-refractivity contribution in [2.24, 2.45) is 0 Å². The minimum atomic E-state index is -0.415. The van der Waals surface area contributed by atoms with Crippen molar-refractivity contribution in [1.29, 1.82) is 0 Å². The molecule has 0 saturated carbocycles. The zero-order chi connectivity index (χ0) is 21.7. The van der Waals surface area contributed by atoms with Gasteiger partial charge in [0.25, 0.3) is 0 Å². The van der Waals surface area contributed by atoms with Crippen LogP contribution in [0.3, 0.4) is 0 Å². The summed E-state index contributed by atoms with van der Waals surface area (Å²) in [5.74, 6) is -0.505. The van der Waals surface area contributed by atoms with Crippen LogP contribution in [0.2, 0.25) is 0 Å². The summed E-state index contributed by atoms with van der Waals surface area (Å²) in [6.07, 6.45) is 0.378. The summed E-state index contributed by atoms with van der Waals surface area (Å²) in [7, 11) is 0. The number of esters is 1. The summed E-state index contributed by atoms with van der Waals surface area (Å²) in [6, 6.07) is 9.66. The van der Waals surface area contributed by atoms with Crippen molar-refractivity contribution in [3.63, 3.8) is 0 Å². The molecule has 3 aromatic rings. The fraction of sp³-hybridized carbons (Fsp3) is 0.238. The van der Waals surface area contributed by atoms with Gasteiger partial charge in [-0.2, -0.15) is 0 Å². The number of rotatable bonds is 6. The first-order valence-electron chi connectivity index (χ1n) is 9.45. The van der Waals surface area contributed by atoms with E-state index in [9.17, 15) is 14.4 Å². The van der Waals surface area contributed by atoms with Crippen LogP contribution >= 0.6 is 11.3 Å². The molecule has 3 N–H and O–H groups in total. The van der Waals surface area contributed by atoms with E-state index in [0.717, 1.165) is 15.8 Å². The normalized spacial score (nSPS) is 10.5. The Morgan fingerprint density at radius 1 is 1.00 bits per heavy atom. The molecule has 3 amide bonds. The van der Waals surface area contributed by atoms with E-state index >= 15 is 0 Å². The fourth-order valence-corrected chi connectivity index (χ4v) is 3.73. The predicted molar refractivity (Wildman–Crippen MR) is 118 cm³/mol. The van der Waals surface area contributed by atoms with Crippen LogP contribution in [-0.4, -0.2) is 29.5 Å². The molecule has 0 atom stereocenters. The Bertz CT molecular complexity index is 1090. The van der Waals surface area contributed by atoms with Gasteiger partial charge < -0.3 is 20.7 Å². The molecule has 0 fully saturated rings. The van der Waals surface area contributed by atoms with Crippen molar-refractivity contribution in [2.45, 2.75) is 27.2 Å². The van der Waals surface area contributed by atoms with Crippen LogP contribution in [0.15, 0.2) is 36.4 Å². The number of aromatic nitrogens is 1. The van der Waals surface area contributed by atoms with Crippen LogP contribution in [0.4, 0.5) is 21.3 Å². The zero-order valence-corrected chi connectivity index (χ0v) is 17.7. The smallest absolute Gasteiger partial charge is 0.338 e. The molecule has 0 aliphatic heterocycles. The Labute approximate surface area is 177 Å². The van der Waals surface area contributed by atoms with Crippen LogP contribution in [0.1, 0.15) is 36.2 Å². The maximum atomic E-state index is 12.4. The number of ether oxygens (including phenoxy) is 1. The third-order valence-electron chi connectivity index (χ3n) is 4.16. The Kier molecular flexibility index (Phi) is 6.63. The van der Waals surface area contributed by atoms with Gasteiger partial charge in [-0.15, -0.1) is 0 Å². The highest BCUT2D eigenvalue weighted by atomic mass is 32.1. The lowest BCUT2D eigenvalue weighted by atomic mass is 10.2. The van der Waals surface area contributed by atoms with E-state index in [-0.39, 0.29) is 5.91 Å². The van der Waals surface area contributed by atoms with E-state index < -0.39 is 12.0 Å². The van der Waals surface area contributed by atoms with Crippen molar-refractivity contribution in [1.82, 2.24) is 4.98 Å². The lowest BCUT2D eigenvalue weighted by Crippen LogP contribution is -2.19. The number of urea groups is 1. The largest absolute Gasteiger partial charge is 0.462 e. The average Bonchev–Trinajstić information content (AvgIpc) is 3.11.